The summed E-state index contributed by atoms with van der Waals surface area (Å²) in [5.74, 6) is 0.289. The molecule has 0 aromatic rings. The van der Waals surface area contributed by atoms with Crippen molar-refractivity contribution < 1.29 is 4.79 Å². The molecule has 13 heavy (non-hydrogen) atoms. The minimum atomic E-state index is 0.289. The Labute approximate surface area is 79.5 Å². The predicted octanol–water partition coefficient (Wildman–Crippen LogP) is 0.749. The second kappa shape index (κ2) is 3.66. The van der Waals surface area contributed by atoms with E-state index in [0.717, 1.165) is 6.54 Å². The van der Waals surface area contributed by atoms with Crippen LogP contribution in [0.2, 0.25) is 0 Å². The Balaban J connectivity index is 2.12. The monoisotopic (exact) mass is 182 g/mol. The van der Waals surface area contributed by atoms with Crippen LogP contribution >= 0.6 is 0 Å². The van der Waals surface area contributed by atoms with Gasteiger partial charge in [0.05, 0.1) is 6.54 Å². The summed E-state index contributed by atoms with van der Waals surface area (Å²) in [6.45, 7) is 3.50. The number of carbonyl (C=O) groups excluding carboxylic acids is 1. The van der Waals surface area contributed by atoms with E-state index in [-0.39, 0.29) is 5.91 Å². The lowest BCUT2D eigenvalue weighted by Gasteiger charge is -2.33. The number of hydrogen-bond donors (Lipinski definition) is 1. The molecule has 0 aromatic heterocycles. The van der Waals surface area contributed by atoms with E-state index < -0.39 is 0 Å². The van der Waals surface area contributed by atoms with Crippen molar-refractivity contribution in [3.05, 3.63) is 0 Å². The van der Waals surface area contributed by atoms with Crippen LogP contribution in [0.15, 0.2) is 0 Å². The molecule has 2 unspecified atom stereocenters. The number of nitrogens with one attached hydrogen (secondary N) is 1. The van der Waals surface area contributed by atoms with Crippen molar-refractivity contribution in [3.8, 4) is 0 Å². The molecule has 0 aromatic carbocycles. The van der Waals surface area contributed by atoms with Gasteiger partial charge in [0.15, 0.2) is 0 Å². The molecule has 1 saturated heterocycles. The summed E-state index contributed by atoms with van der Waals surface area (Å²) in [5, 5.41) is 3.34. The third kappa shape index (κ3) is 1.70. The highest BCUT2D eigenvalue weighted by molar-refractivity contribution is 5.79. The second-order valence-electron chi connectivity index (χ2n) is 4.08. The Kier molecular flexibility index (Phi) is 2.54. The van der Waals surface area contributed by atoms with Crippen LogP contribution in [0.25, 0.3) is 0 Å². The molecule has 3 nitrogen and oxygen atoms in total. The van der Waals surface area contributed by atoms with Crippen LogP contribution in [0.3, 0.4) is 0 Å². The van der Waals surface area contributed by atoms with Crippen molar-refractivity contribution in [2.75, 3.05) is 13.1 Å². The zero-order valence-corrected chi connectivity index (χ0v) is 8.25. The number of rotatable bonds is 1. The summed E-state index contributed by atoms with van der Waals surface area (Å²) in [6.07, 6.45) is 4.89. The van der Waals surface area contributed by atoms with Crippen molar-refractivity contribution in [1.29, 1.82) is 0 Å². The number of amides is 1. The molecular formula is C10H18N2O. The number of carbonyl (C=O) groups is 1. The van der Waals surface area contributed by atoms with Crippen LogP contribution in [0, 0.1) is 0 Å². The molecule has 1 aliphatic heterocycles. The highest BCUT2D eigenvalue weighted by Gasteiger charge is 2.31. The largest absolute Gasteiger partial charge is 0.339 e. The second-order valence-corrected chi connectivity index (χ2v) is 4.08. The standard InChI is InChI=1S/C10H18N2O/c1-2-12-9-5-3-4-8(6-9)11-7-10(12)13/h8-9,11H,2-7H2,1H3. The van der Waals surface area contributed by atoms with Crippen LogP contribution in [-0.4, -0.2) is 36.0 Å². The summed E-state index contributed by atoms with van der Waals surface area (Å²) in [6, 6.07) is 1.12. The summed E-state index contributed by atoms with van der Waals surface area (Å²) in [7, 11) is 0. The molecule has 2 rings (SSSR count). The molecule has 74 valence electrons. The summed E-state index contributed by atoms with van der Waals surface area (Å²) >= 11 is 0. The number of nitrogens with zero attached hydrogens (tertiary/aromatic N) is 1. The number of likely N-dealkylation sites (N-methyl/N-ethyl adjacent to an activating group) is 1. The summed E-state index contributed by atoms with van der Waals surface area (Å²) < 4.78 is 0. The maximum atomic E-state index is 11.7. The topological polar surface area (TPSA) is 32.3 Å². The molecule has 2 atom stereocenters. The van der Waals surface area contributed by atoms with Gasteiger partial charge in [-0.05, 0) is 32.6 Å². The van der Waals surface area contributed by atoms with Gasteiger partial charge in [0.2, 0.25) is 5.91 Å². The lowest BCUT2D eigenvalue weighted by Crippen LogP contribution is -2.41. The Bertz CT molecular complexity index is 205. The van der Waals surface area contributed by atoms with Crippen LogP contribution in [-0.2, 0) is 4.79 Å². The molecule has 1 amide bonds. The van der Waals surface area contributed by atoms with Gasteiger partial charge in [-0.3, -0.25) is 4.79 Å². The molecule has 3 heteroatoms. The van der Waals surface area contributed by atoms with Gasteiger partial charge >= 0.3 is 0 Å². The minimum absolute atomic E-state index is 0.289. The van der Waals surface area contributed by atoms with Crippen LogP contribution < -0.4 is 5.32 Å². The fourth-order valence-corrected chi connectivity index (χ4v) is 2.60. The molecule has 0 radical (unpaired) electrons. The molecule has 2 bridgehead atoms. The molecule has 1 saturated carbocycles. The van der Waals surface area contributed by atoms with Gasteiger partial charge in [-0.1, -0.05) is 0 Å². The van der Waals surface area contributed by atoms with E-state index >= 15 is 0 Å². The van der Waals surface area contributed by atoms with E-state index in [0.29, 0.717) is 18.6 Å². The number of hydrogen-bond acceptors (Lipinski definition) is 2. The minimum Gasteiger partial charge on any atom is -0.339 e. The van der Waals surface area contributed by atoms with E-state index in [1.54, 1.807) is 0 Å². The van der Waals surface area contributed by atoms with Gasteiger partial charge in [0.25, 0.3) is 0 Å². The fourth-order valence-electron chi connectivity index (χ4n) is 2.60. The van der Waals surface area contributed by atoms with Gasteiger partial charge < -0.3 is 10.2 Å². The van der Waals surface area contributed by atoms with E-state index in [1.165, 1.54) is 25.7 Å². The first-order valence-corrected chi connectivity index (χ1v) is 5.34. The van der Waals surface area contributed by atoms with Crippen molar-refractivity contribution in [2.24, 2.45) is 0 Å². The van der Waals surface area contributed by atoms with E-state index in [4.69, 9.17) is 0 Å². The van der Waals surface area contributed by atoms with Gasteiger partial charge in [-0.15, -0.1) is 0 Å². The first kappa shape index (κ1) is 9.00. The molecule has 2 fully saturated rings. The quantitative estimate of drug-likeness (QED) is 0.649. The normalized spacial score (nSPS) is 34.5. The number of fused-ring (bicyclic) bond motifs is 2. The first-order chi connectivity index (χ1) is 6.31. The van der Waals surface area contributed by atoms with E-state index in [1.807, 2.05) is 4.90 Å². The average molecular weight is 182 g/mol. The van der Waals surface area contributed by atoms with Crippen LogP contribution in [0.1, 0.15) is 32.6 Å². The molecule has 2 aliphatic rings. The predicted molar refractivity (Wildman–Crippen MR) is 51.4 cm³/mol. The zero-order chi connectivity index (χ0) is 9.26. The highest BCUT2D eigenvalue weighted by Crippen LogP contribution is 2.25. The lowest BCUT2D eigenvalue weighted by atomic mass is 9.91. The van der Waals surface area contributed by atoms with Crippen molar-refractivity contribution >= 4 is 5.91 Å². The van der Waals surface area contributed by atoms with Gasteiger partial charge in [0, 0.05) is 18.6 Å². The molecule has 1 N–H and O–H groups in total. The van der Waals surface area contributed by atoms with Crippen LogP contribution in [0.5, 0.6) is 0 Å². The third-order valence-corrected chi connectivity index (χ3v) is 3.29. The van der Waals surface area contributed by atoms with Crippen molar-refractivity contribution in [2.45, 2.75) is 44.7 Å². The van der Waals surface area contributed by atoms with E-state index in [9.17, 15) is 4.79 Å². The third-order valence-electron chi connectivity index (χ3n) is 3.29. The maximum Gasteiger partial charge on any atom is 0.236 e. The molecule has 0 spiro atoms. The highest BCUT2D eigenvalue weighted by atomic mass is 16.2. The first-order valence-electron chi connectivity index (χ1n) is 5.34. The molecule has 1 aliphatic carbocycles. The van der Waals surface area contributed by atoms with Gasteiger partial charge in [-0.2, -0.15) is 0 Å². The molecular weight excluding hydrogens is 164 g/mol. The zero-order valence-electron chi connectivity index (χ0n) is 8.25. The smallest absolute Gasteiger partial charge is 0.236 e. The lowest BCUT2D eigenvalue weighted by molar-refractivity contribution is -0.131. The Morgan fingerprint density at radius 2 is 2.38 bits per heavy atom. The van der Waals surface area contributed by atoms with E-state index in [2.05, 4.69) is 12.2 Å². The Hall–Kier alpha value is -0.570. The van der Waals surface area contributed by atoms with Gasteiger partial charge in [0.1, 0.15) is 0 Å². The maximum absolute atomic E-state index is 11.7. The SMILES string of the molecule is CCN1C(=O)CNC2CCCC1C2. The Morgan fingerprint density at radius 3 is 3.15 bits per heavy atom. The Morgan fingerprint density at radius 1 is 1.54 bits per heavy atom. The fraction of sp³-hybridized carbons (Fsp3) is 0.900. The van der Waals surface area contributed by atoms with Gasteiger partial charge in [-0.25, -0.2) is 0 Å². The summed E-state index contributed by atoms with van der Waals surface area (Å²) in [4.78, 5) is 13.7. The summed E-state index contributed by atoms with van der Waals surface area (Å²) in [5.41, 5.74) is 0. The van der Waals surface area contributed by atoms with Crippen LogP contribution in [0.4, 0.5) is 0 Å². The molecule has 1 heterocycles. The average Bonchev–Trinajstić information content (AvgIpc) is 2.25. The van der Waals surface area contributed by atoms with Crippen molar-refractivity contribution in [1.82, 2.24) is 10.2 Å². The van der Waals surface area contributed by atoms with Crippen molar-refractivity contribution in [3.63, 3.8) is 0 Å².